The quantitative estimate of drug-likeness (QED) is 0.815. The van der Waals surface area contributed by atoms with Crippen molar-refractivity contribution in [3.63, 3.8) is 0 Å². The molecule has 8 heteroatoms. The second-order valence-corrected chi connectivity index (χ2v) is 6.55. The summed E-state index contributed by atoms with van der Waals surface area (Å²) >= 11 is 0. The number of hydrogen-bond donors (Lipinski definition) is 1. The molecule has 1 saturated heterocycles. The number of sulfonamides is 1. The molecule has 2 heterocycles. The lowest BCUT2D eigenvalue weighted by atomic mass is 10.2. The fraction of sp³-hybridized carbons (Fsp3) is 0.818. The van der Waals surface area contributed by atoms with Crippen LogP contribution in [0.2, 0.25) is 0 Å². The van der Waals surface area contributed by atoms with Crippen molar-refractivity contribution in [1.82, 2.24) is 15.0 Å². The minimum Gasteiger partial charge on any atom is -0.339 e. The molecule has 0 radical (unpaired) electrons. The first-order valence-electron chi connectivity index (χ1n) is 6.56. The van der Waals surface area contributed by atoms with Crippen LogP contribution in [0.1, 0.15) is 43.9 Å². The highest BCUT2D eigenvalue weighted by molar-refractivity contribution is 7.89. The van der Waals surface area contributed by atoms with Gasteiger partial charge < -0.3 is 4.52 Å². The lowest BCUT2D eigenvalue weighted by molar-refractivity contribution is 0.243. The SMILES string of the molecule is CCc1nc([C@H]2CCCN2CCCS(N)(=O)=O)no1. The Labute approximate surface area is 113 Å². The van der Waals surface area contributed by atoms with E-state index in [9.17, 15) is 8.42 Å². The highest BCUT2D eigenvalue weighted by Gasteiger charge is 2.29. The molecule has 2 N–H and O–H groups in total. The molecule has 0 saturated carbocycles. The van der Waals surface area contributed by atoms with Gasteiger partial charge in [0.2, 0.25) is 15.9 Å². The third kappa shape index (κ3) is 3.99. The van der Waals surface area contributed by atoms with Gasteiger partial charge >= 0.3 is 0 Å². The second-order valence-electron chi connectivity index (χ2n) is 4.81. The number of likely N-dealkylation sites (tertiary alicyclic amines) is 1. The van der Waals surface area contributed by atoms with Crippen LogP contribution in [-0.2, 0) is 16.4 Å². The smallest absolute Gasteiger partial charge is 0.226 e. The van der Waals surface area contributed by atoms with E-state index in [0.29, 0.717) is 24.7 Å². The van der Waals surface area contributed by atoms with Crippen LogP contribution in [-0.4, -0.2) is 42.3 Å². The van der Waals surface area contributed by atoms with Crippen molar-refractivity contribution in [1.29, 1.82) is 0 Å². The third-order valence-corrected chi connectivity index (χ3v) is 4.18. The van der Waals surface area contributed by atoms with Gasteiger partial charge in [-0.1, -0.05) is 12.1 Å². The predicted molar refractivity (Wildman–Crippen MR) is 69.8 cm³/mol. The normalized spacial score (nSPS) is 21.1. The van der Waals surface area contributed by atoms with Crippen molar-refractivity contribution in [2.75, 3.05) is 18.8 Å². The van der Waals surface area contributed by atoms with Gasteiger partial charge in [-0.25, -0.2) is 13.6 Å². The summed E-state index contributed by atoms with van der Waals surface area (Å²) in [5, 5.41) is 9.01. The van der Waals surface area contributed by atoms with E-state index in [2.05, 4.69) is 15.0 Å². The van der Waals surface area contributed by atoms with Gasteiger partial charge in [0.25, 0.3) is 0 Å². The van der Waals surface area contributed by atoms with Gasteiger partial charge in [-0.3, -0.25) is 4.90 Å². The lowest BCUT2D eigenvalue weighted by Crippen LogP contribution is -2.27. The second kappa shape index (κ2) is 5.98. The van der Waals surface area contributed by atoms with Crippen LogP contribution in [0.4, 0.5) is 0 Å². The number of hydrogen-bond acceptors (Lipinski definition) is 6. The molecule has 1 aromatic rings. The van der Waals surface area contributed by atoms with E-state index in [-0.39, 0.29) is 11.8 Å². The van der Waals surface area contributed by atoms with Gasteiger partial charge in [-0.15, -0.1) is 0 Å². The molecule has 1 atom stereocenters. The Morgan fingerprint density at radius 3 is 2.95 bits per heavy atom. The van der Waals surface area contributed by atoms with Crippen LogP contribution in [0.25, 0.3) is 0 Å². The van der Waals surface area contributed by atoms with Crippen LogP contribution in [0, 0.1) is 0 Å². The third-order valence-electron chi connectivity index (χ3n) is 3.32. The summed E-state index contributed by atoms with van der Waals surface area (Å²) in [6.45, 7) is 3.60. The summed E-state index contributed by atoms with van der Waals surface area (Å²) in [6.07, 6.45) is 3.31. The van der Waals surface area contributed by atoms with Crippen LogP contribution in [0.5, 0.6) is 0 Å². The number of rotatable bonds is 6. The van der Waals surface area contributed by atoms with Crippen LogP contribution < -0.4 is 5.14 Å². The molecule has 0 spiro atoms. The molecule has 1 aliphatic heterocycles. The number of nitrogens with two attached hydrogens (primary N) is 1. The van der Waals surface area contributed by atoms with E-state index in [0.717, 1.165) is 25.8 Å². The fourth-order valence-corrected chi connectivity index (χ4v) is 2.93. The van der Waals surface area contributed by atoms with E-state index in [1.165, 1.54) is 0 Å². The van der Waals surface area contributed by atoms with E-state index >= 15 is 0 Å². The molecule has 0 bridgehead atoms. The van der Waals surface area contributed by atoms with Crippen LogP contribution in [0.15, 0.2) is 4.52 Å². The van der Waals surface area contributed by atoms with Crippen molar-refractivity contribution in [3.05, 3.63) is 11.7 Å². The maximum atomic E-state index is 10.9. The summed E-state index contributed by atoms with van der Waals surface area (Å²) in [5.74, 6) is 1.37. The van der Waals surface area contributed by atoms with Crippen molar-refractivity contribution in [2.45, 2.75) is 38.6 Å². The average molecular weight is 288 g/mol. The van der Waals surface area contributed by atoms with E-state index in [1.807, 2.05) is 6.92 Å². The molecular formula is C11H20N4O3S. The maximum absolute atomic E-state index is 10.9. The average Bonchev–Trinajstić information content (AvgIpc) is 2.94. The number of nitrogens with zero attached hydrogens (tertiary/aromatic N) is 3. The first-order chi connectivity index (χ1) is 8.99. The van der Waals surface area contributed by atoms with Crippen LogP contribution >= 0.6 is 0 Å². The minimum absolute atomic E-state index is 0.0165. The molecule has 2 rings (SSSR count). The molecule has 19 heavy (non-hydrogen) atoms. The molecule has 1 fully saturated rings. The van der Waals surface area contributed by atoms with Crippen molar-refractivity contribution < 1.29 is 12.9 Å². The zero-order valence-electron chi connectivity index (χ0n) is 11.1. The Morgan fingerprint density at radius 2 is 2.32 bits per heavy atom. The molecule has 1 aliphatic rings. The molecule has 0 amide bonds. The van der Waals surface area contributed by atoms with Gasteiger partial charge in [0.15, 0.2) is 5.82 Å². The summed E-state index contributed by atoms with van der Waals surface area (Å²) < 4.78 is 27.0. The van der Waals surface area contributed by atoms with E-state index in [1.54, 1.807) is 0 Å². The van der Waals surface area contributed by atoms with Gasteiger partial charge in [-0.2, -0.15) is 4.98 Å². The Balaban J connectivity index is 1.93. The van der Waals surface area contributed by atoms with Crippen molar-refractivity contribution >= 4 is 10.0 Å². The summed E-state index contributed by atoms with van der Waals surface area (Å²) in [5.41, 5.74) is 0. The monoisotopic (exact) mass is 288 g/mol. The van der Waals surface area contributed by atoms with E-state index in [4.69, 9.17) is 9.66 Å². The summed E-state index contributed by atoms with van der Waals surface area (Å²) in [6, 6.07) is 0.143. The van der Waals surface area contributed by atoms with Gasteiger partial charge in [0, 0.05) is 6.42 Å². The Kier molecular flexibility index (Phi) is 4.54. The topological polar surface area (TPSA) is 102 Å². The molecule has 0 aromatic carbocycles. The molecule has 7 nitrogen and oxygen atoms in total. The molecule has 0 aliphatic carbocycles. The molecule has 0 unspecified atom stereocenters. The Morgan fingerprint density at radius 1 is 1.53 bits per heavy atom. The number of aromatic nitrogens is 2. The largest absolute Gasteiger partial charge is 0.339 e. The molecule has 1 aromatic heterocycles. The standard InChI is InChI=1S/C11H20N4O3S/c1-2-10-13-11(14-18-10)9-5-3-6-15(9)7-4-8-19(12,16)17/h9H,2-8H2,1H3,(H2,12,16,17)/t9-/m1/s1. The summed E-state index contributed by atoms with van der Waals surface area (Å²) in [7, 11) is -3.37. The van der Waals surface area contributed by atoms with Crippen molar-refractivity contribution in [2.24, 2.45) is 5.14 Å². The Bertz CT molecular complexity index is 514. The lowest BCUT2D eigenvalue weighted by Gasteiger charge is -2.21. The molecule has 108 valence electrons. The highest BCUT2D eigenvalue weighted by atomic mass is 32.2. The zero-order valence-corrected chi connectivity index (χ0v) is 11.9. The fourth-order valence-electron chi connectivity index (χ4n) is 2.40. The highest BCUT2D eigenvalue weighted by Crippen LogP contribution is 2.30. The van der Waals surface area contributed by atoms with Crippen molar-refractivity contribution in [3.8, 4) is 0 Å². The maximum Gasteiger partial charge on any atom is 0.226 e. The zero-order chi connectivity index (χ0) is 13.9. The first-order valence-corrected chi connectivity index (χ1v) is 8.28. The Hall–Kier alpha value is -0.990. The summed E-state index contributed by atoms with van der Waals surface area (Å²) in [4.78, 5) is 6.56. The number of primary sulfonamides is 1. The van der Waals surface area contributed by atoms with Gasteiger partial charge in [0.1, 0.15) is 0 Å². The molecular weight excluding hydrogens is 268 g/mol. The van der Waals surface area contributed by atoms with Gasteiger partial charge in [-0.05, 0) is 32.4 Å². The van der Waals surface area contributed by atoms with Gasteiger partial charge in [0.05, 0.1) is 11.8 Å². The van der Waals surface area contributed by atoms with E-state index < -0.39 is 10.0 Å². The predicted octanol–water partition coefficient (Wildman–Crippen LogP) is 0.448. The first kappa shape index (κ1) is 14.4. The number of aryl methyl sites for hydroxylation is 1. The van der Waals surface area contributed by atoms with Crippen LogP contribution in [0.3, 0.4) is 0 Å². The minimum atomic E-state index is -3.37.